The number of nitrogens with zero attached hydrogens (tertiary/aromatic N) is 2. The predicted molar refractivity (Wildman–Crippen MR) is 114 cm³/mol. The number of benzene rings is 2. The minimum absolute atomic E-state index is 0.301. The van der Waals surface area contributed by atoms with Gasteiger partial charge in [-0.05, 0) is 42.6 Å². The van der Waals surface area contributed by atoms with E-state index in [1.54, 1.807) is 37.3 Å². The van der Waals surface area contributed by atoms with Gasteiger partial charge >= 0.3 is 0 Å². The molecule has 0 bridgehead atoms. The zero-order valence-electron chi connectivity index (χ0n) is 14.9. The fraction of sp³-hybridized carbons (Fsp3) is 0.0952. The fourth-order valence-corrected chi connectivity index (χ4v) is 3.90. The van der Waals surface area contributed by atoms with Gasteiger partial charge in [0.05, 0.1) is 10.3 Å². The van der Waals surface area contributed by atoms with Gasteiger partial charge in [-0.25, -0.2) is 4.68 Å². The van der Waals surface area contributed by atoms with E-state index in [1.165, 1.54) is 16.0 Å². The smallest absolute Gasteiger partial charge is 0.275 e. The zero-order valence-corrected chi connectivity index (χ0v) is 16.5. The van der Waals surface area contributed by atoms with Gasteiger partial charge in [-0.2, -0.15) is 5.10 Å². The molecule has 2 aromatic heterocycles. The van der Waals surface area contributed by atoms with Crippen molar-refractivity contribution >= 4 is 45.3 Å². The van der Waals surface area contributed by atoms with Crippen molar-refractivity contribution in [1.82, 2.24) is 9.78 Å². The van der Waals surface area contributed by atoms with Crippen LogP contribution in [0, 0.1) is 0 Å². The first-order chi connectivity index (χ1) is 13.5. The topological polar surface area (TPSA) is 64.0 Å². The molecule has 28 heavy (non-hydrogen) atoms. The second-order valence-corrected chi connectivity index (χ2v) is 7.68. The lowest BCUT2D eigenvalue weighted by atomic mass is 10.1. The van der Waals surface area contributed by atoms with Gasteiger partial charge in [-0.1, -0.05) is 41.9 Å². The van der Waals surface area contributed by atoms with Crippen LogP contribution in [-0.4, -0.2) is 15.7 Å². The molecular formula is C21H16ClN3O2S. The third kappa shape index (κ3) is 3.44. The van der Waals surface area contributed by atoms with Crippen molar-refractivity contribution in [1.29, 1.82) is 0 Å². The molecule has 5 nitrogen and oxygen atoms in total. The molecule has 140 valence electrons. The average molecular weight is 410 g/mol. The lowest BCUT2D eigenvalue weighted by Gasteiger charge is -2.16. The average Bonchev–Trinajstić information content (AvgIpc) is 3.22. The SMILES string of the molecule is C[C@H](C(=O)Nc1cccc(Cl)c1)n1nc(-c2cccs2)c2ccccc2c1=O. The lowest BCUT2D eigenvalue weighted by Crippen LogP contribution is -2.33. The summed E-state index contributed by atoms with van der Waals surface area (Å²) in [5.41, 5.74) is 0.953. The van der Waals surface area contributed by atoms with Crippen molar-refractivity contribution in [3.05, 3.63) is 81.4 Å². The first kappa shape index (κ1) is 18.4. The van der Waals surface area contributed by atoms with Crippen molar-refractivity contribution < 1.29 is 4.79 Å². The largest absolute Gasteiger partial charge is 0.324 e. The van der Waals surface area contributed by atoms with E-state index >= 15 is 0 Å². The van der Waals surface area contributed by atoms with Crippen molar-refractivity contribution in [2.24, 2.45) is 0 Å². The molecule has 0 saturated heterocycles. The highest BCUT2D eigenvalue weighted by atomic mass is 35.5. The third-order valence-electron chi connectivity index (χ3n) is 4.42. The highest BCUT2D eigenvalue weighted by Crippen LogP contribution is 2.29. The highest BCUT2D eigenvalue weighted by molar-refractivity contribution is 7.13. The van der Waals surface area contributed by atoms with Crippen molar-refractivity contribution in [2.75, 3.05) is 5.32 Å². The lowest BCUT2D eigenvalue weighted by molar-refractivity contribution is -0.119. The van der Waals surface area contributed by atoms with Crippen LogP contribution in [0.1, 0.15) is 13.0 Å². The van der Waals surface area contributed by atoms with Crippen LogP contribution >= 0.6 is 22.9 Å². The molecular weight excluding hydrogens is 394 g/mol. The minimum atomic E-state index is -0.796. The number of thiophene rings is 1. The maximum Gasteiger partial charge on any atom is 0.275 e. The molecule has 7 heteroatoms. The summed E-state index contributed by atoms with van der Waals surface area (Å²) in [6, 6.07) is 17.3. The molecule has 2 aromatic carbocycles. The van der Waals surface area contributed by atoms with Crippen LogP contribution in [0.5, 0.6) is 0 Å². The number of carbonyl (C=O) groups excluding carboxylic acids is 1. The Morgan fingerprint density at radius 3 is 2.61 bits per heavy atom. The van der Waals surface area contributed by atoms with Crippen molar-refractivity contribution in [3.8, 4) is 10.6 Å². The van der Waals surface area contributed by atoms with Gasteiger partial charge in [0.2, 0.25) is 5.91 Å². The summed E-state index contributed by atoms with van der Waals surface area (Å²) in [7, 11) is 0. The number of amides is 1. The standard InChI is InChI=1S/C21H16ClN3O2S/c1-13(20(26)23-15-7-4-6-14(22)12-15)25-21(27)17-9-3-2-8-16(17)19(24-25)18-10-5-11-28-18/h2-13H,1H3,(H,23,26)/t13-/m1/s1. The molecule has 1 atom stereocenters. The van der Waals surface area contributed by atoms with Gasteiger partial charge in [-0.15, -0.1) is 11.3 Å². The van der Waals surface area contributed by atoms with E-state index in [2.05, 4.69) is 10.4 Å². The summed E-state index contributed by atoms with van der Waals surface area (Å²) in [4.78, 5) is 26.7. The number of carbonyl (C=O) groups is 1. The normalized spacial score (nSPS) is 12.1. The van der Waals surface area contributed by atoms with Crippen LogP contribution in [0.3, 0.4) is 0 Å². The molecule has 0 spiro atoms. The maximum absolute atomic E-state index is 13.0. The van der Waals surface area contributed by atoms with Gasteiger partial charge in [0.25, 0.3) is 5.56 Å². The quantitative estimate of drug-likeness (QED) is 0.517. The molecule has 4 aromatic rings. The van der Waals surface area contributed by atoms with Gasteiger partial charge < -0.3 is 5.32 Å². The molecule has 4 rings (SSSR count). The number of fused-ring (bicyclic) bond motifs is 1. The molecule has 2 heterocycles. The van der Waals surface area contributed by atoms with Crippen LogP contribution in [0.25, 0.3) is 21.3 Å². The Balaban J connectivity index is 1.78. The summed E-state index contributed by atoms with van der Waals surface area (Å²) in [5.74, 6) is -0.343. The number of aromatic nitrogens is 2. The number of hydrogen-bond acceptors (Lipinski definition) is 4. The molecule has 0 saturated carbocycles. The summed E-state index contributed by atoms with van der Waals surface area (Å²) in [6.45, 7) is 1.65. The summed E-state index contributed by atoms with van der Waals surface area (Å²) in [6.07, 6.45) is 0. The van der Waals surface area contributed by atoms with Crippen LogP contribution < -0.4 is 10.9 Å². The Morgan fingerprint density at radius 2 is 1.89 bits per heavy atom. The third-order valence-corrected chi connectivity index (χ3v) is 5.53. The van der Waals surface area contributed by atoms with Crippen LogP contribution in [0.15, 0.2) is 70.8 Å². The number of rotatable bonds is 4. The summed E-state index contributed by atoms with van der Waals surface area (Å²) < 4.78 is 1.25. The van der Waals surface area contributed by atoms with Crippen LogP contribution in [0.2, 0.25) is 5.02 Å². The number of anilines is 1. The van der Waals surface area contributed by atoms with Gasteiger partial charge in [-0.3, -0.25) is 9.59 Å². The van der Waals surface area contributed by atoms with Crippen molar-refractivity contribution in [3.63, 3.8) is 0 Å². The zero-order chi connectivity index (χ0) is 19.7. The first-order valence-corrected chi connectivity index (χ1v) is 9.92. The predicted octanol–water partition coefficient (Wildman–Crippen LogP) is 4.98. The van der Waals surface area contributed by atoms with E-state index in [0.29, 0.717) is 21.8 Å². The Bertz CT molecular complexity index is 1220. The number of nitrogens with one attached hydrogen (secondary N) is 1. The second-order valence-electron chi connectivity index (χ2n) is 6.30. The Morgan fingerprint density at radius 1 is 1.11 bits per heavy atom. The van der Waals surface area contributed by atoms with Gasteiger partial charge in [0.1, 0.15) is 11.7 Å². The molecule has 0 aliphatic carbocycles. The van der Waals surface area contributed by atoms with Gasteiger partial charge in [0, 0.05) is 16.1 Å². The van der Waals surface area contributed by atoms with E-state index in [1.807, 2.05) is 35.7 Å². The Labute approximate surface area is 170 Å². The molecule has 0 aliphatic heterocycles. The Kier molecular flexibility index (Phi) is 4.98. The monoisotopic (exact) mass is 409 g/mol. The molecule has 1 amide bonds. The van der Waals surface area contributed by atoms with E-state index < -0.39 is 6.04 Å². The molecule has 0 aliphatic rings. The number of halogens is 1. The minimum Gasteiger partial charge on any atom is -0.324 e. The maximum atomic E-state index is 13.0. The van der Waals surface area contributed by atoms with E-state index in [9.17, 15) is 9.59 Å². The molecule has 0 fully saturated rings. The first-order valence-electron chi connectivity index (χ1n) is 8.66. The summed E-state index contributed by atoms with van der Waals surface area (Å²) in [5, 5.41) is 11.1. The van der Waals surface area contributed by atoms with Gasteiger partial charge in [0.15, 0.2) is 0 Å². The van der Waals surface area contributed by atoms with Crippen molar-refractivity contribution in [2.45, 2.75) is 13.0 Å². The van der Waals surface area contributed by atoms with E-state index in [0.717, 1.165) is 10.3 Å². The van der Waals surface area contributed by atoms with Crippen LogP contribution in [-0.2, 0) is 4.79 Å². The highest BCUT2D eigenvalue weighted by Gasteiger charge is 2.21. The molecule has 0 unspecified atom stereocenters. The van der Waals surface area contributed by atoms with E-state index in [-0.39, 0.29) is 11.5 Å². The number of hydrogen-bond donors (Lipinski definition) is 1. The fourth-order valence-electron chi connectivity index (χ4n) is 2.99. The molecule has 1 N–H and O–H groups in total. The molecule has 0 radical (unpaired) electrons. The summed E-state index contributed by atoms with van der Waals surface area (Å²) >= 11 is 7.51. The Hall–Kier alpha value is -2.96. The van der Waals surface area contributed by atoms with Crippen LogP contribution in [0.4, 0.5) is 5.69 Å². The second kappa shape index (κ2) is 7.58. The van der Waals surface area contributed by atoms with E-state index in [4.69, 9.17) is 11.6 Å².